The Morgan fingerprint density at radius 1 is 0.933 bits per heavy atom. The standard InChI is InChI=1S/C23H24N2O4S/c1-27-19-12-17(13-20(28-2)23(19)29-3)14-21(26)25-18-8-6-7-16(11-18)15-30-22-9-4-5-10-24-22/h4-13H,14-15H2,1-3H3,(H,25,26). The quantitative estimate of drug-likeness (QED) is 0.507. The maximum atomic E-state index is 12.6. The smallest absolute Gasteiger partial charge is 0.228 e. The van der Waals surface area contributed by atoms with Gasteiger partial charge in [0.05, 0.1) is 32.8 Å². The Balaban J connectivity index is 1.65. The summed E-state index contributed by atoms with van der Waals surface area (Å²) in [5.74, 6) is 2.19. The Hall–Kier alpha value is -3.19. The predicted molar refractivity (Wildman–Crippen MR) is 119 cm³/mol. The molecule has 0 aliphatic rings. The van der Waals surface area contributed by atoms with Gasteiger partial charge in [-0.2, -0.15) is 0 Å². The number of ether oxygens (including phenoxy) is 3. The fourth-order valence-corrected chi connectivity index (χ4v) is 3.76. The number of anilines is 1. The first kappa shape index (κ1) is 21.5. The van der Waals surface area contributed by atoms with E-state index in [1.807, 2.05) is 42.5 Å². The zero-order chi connectivity index (χ0) is 21.3. The second-order valence-electron chi connectivity index (χ2n) is 6.42. The normalized spacial score (nSPS) is 10.4. The monoisotopic (exact) mass is 424 g/mol. The molecule has 0 aliphatic carbocycles. The number of thioether (sulfide) groups is 1. The van der Waals surface area contributed by atoms with Crippen molar-refractivity contribution < 1.29 is 19.0 Å². The van der Waals surface area contributed by atoms with E-state index in [1.165, 1.54) is 0 Å². The minimum Gasteiger partial charge on any atom is -0.493 e. The van der Waals surface area contributed by atoms with Gasteiger partial charge in [0.2, 0.25) is 11.7 Å². The molecule has 6 nitrogen and oxygen atoms in total. The summed E-state index contributed by atoms with van der Waals surface area (Å²) in [5.41, 5.74) is 2.63. The molecule has 1 heterocycles. The summed E-state index contributed by atoms with van der Waals surface area (Å²) in [6.07, 6.45) is 1.96. The number of hydrogen-bond acceptors (Lipinski definition) is 6. The first-order chi connectivity index (χ1) is 14.6. The Kier molecular flexibility index (Phi) is 7.57. The molecule has 0 atom stereocenters. The van der Waals surface area contributed by atoms with Gasteiger partial charge in [0.15, 0.2) is 11.5 Å². The lowest BCUT2D eigenvalue weighted by Gasteiger charge is -2.14. The number of carbonyl (C=O) groups is 1. The van der Waals surface area contributed by atoms with Crippen LogP contribution in [-0.2, 0) is 17.0 Å². The van der Waals surface area contributed by atoms with Crippen molar-refractivity contribution in [3.8, 4) is 17.2 Å². The van der Waals surface area contributed by atoms with E-state index in [-0.39, 0.29) is 12.3 Å². The van der Waals surface area contributed by atoms with E-state index < -0.39 is 0 Å². The minimum absolute atomic E-state index is 0.126. The Morgan fingerprint density at radius 2 is 1.70 bits per heavy atom. The number of methoxy groups -OCH3 is 3. The summed E-state index contributed by atoms with van der Waals surface area (Å²) < 4.78 is 16.0. The van der Waals surface area contributed by atoms with Crippen LogP contribution >= 0.6 is 11.8 Å². The molecule has 156 valence electrons. The van der Waals surface area contributed by atoms with Crippen molar-refractivity contribution in [3.63, 3.8) is 0 Å². The van der Waals surface area contributed by atoms with Crippen molar-refractivity contribution >= 4 is 23.4 Å². The lowest BCUT2D eigenvalue weighted by atomic mass is 10.1. The van der Waals surface area contributed by atoms with Crippen molar-refractivity contribution in [2.45, 2.75) is 17.2 Å². The first-order valence-corrected chi connectivity index (χ1v) is 10.3. The zero-order valence-electron chi connectivity index (χ0n) is 17.2. The lowest BCUT2D eigenvalue weighted by molar-refractivity contribution is -0.115. The van der Waals surface area contributed by atoms with Crippen LogP contribution in [0.3, 0.4) is 0 Å². The first-order valence-electron chi connectivity index (χ1n) is 9.34. The molecule has 0 bridgehead atoms. The van der Waals surface area contributed by atoms with Gasteiger partial charge in [0.1, 0.15) is 0 Å². The van der Waals surface area contributed by atoms with Crippen molar-refractivity contribution in [3.05, 3.63) is 71.9 Å². The summed E-state index contributed by atoms with van der Waals surface area (Å²) in [6.45, 7) is 0. The number of rotatable bonds is 9. The van der Waals surface area contributed by atoms with Crippen molar-refractivity contribution in [2.24, 2.45) is 0 Å². The van der Waals surface area contributed by atoms with E-state index in [1.54, 1.807) is 51.4 Å². The van der Waals surface area contributed by atoms with Crippen LogP contribution in [0.1, 0.15) is 11.1 Å². The lowest BCUT2D eigenvalue weighted by Crippen LogP contribution is -2.14. The number of benzene rings is 2. The van der Waals surface area contributed by atoms with Crippen LogP contribution in [0.4, 0.5) is 5.69 Å². The summed E-state index contributed by atoms with van der Waals surface area (Å²) in [6, 6.07) is 17.2. The maximum Gasteiger partial charge on any atom is 0.228 e. The van der Waals surface area contributed by atoms with Gasteiger partial charge in [-0.3, -0.25) is 4.79 Å². The summed E-state index contributed by atoms with van der Waals surface area (Å²) in [5, 5.41) is 3.92. The van der Waals surface area contributed by atoms with Gasteiger partial charge >= 0.3 is 0 Å². The average Bonchev–Trinajstić information content (AvgIpc) is 2.77. The average molecular weight is 425 g/mol. The molecule has 7 heteroatoms. The minimum atomic E-state index is -0.126. The number of nitrogens with one attached hydrogen (secondary N) is 1. The highest BCUT2D eigenvalue weighted by molar-refractivity contribution is 7.98. The molecule has 0 saturated carbocycles. The van der Waals surface area contributed by atoms with E-state index in [0.29, 0.717) is 17.2 Å². The second-order valence-corrected chi connectivity index (χ2v) is 7.41. The third-order valence-electron chi connectivity index (χ3n) is 4.32. The molecule has 30 heavy (non-hydrogen) atoms. The van der Waals surface area contributed by atoms with Gasteiger partial charge in [0, 0.05) is 17.6 Å². The van der Waals surface area contributed by atoms with E-state index in [2.05, 4.69) is 10.3 Å². The third kappa shape index (κ3) is 5.67. The highest BCUT2D eigenvalue weighted by Gasteiger charge is 2.15. The van der Waals surface area contributed by atoms with Crippen molar-refractivity contribution in [1.29, 1.82) is 0 Å². The largest absolute Gasteiger partial charge is 0.493 e. The molecular weight excluding hydrogens is 400 g/mol. The third-order valence-corrected chi connectivity index (χ3v) is 5.34. The second kappa shape index (κ2) is 10.5. The van der Waals surface area contributed by atoms with Gasteiger partial charge < -0.3 is 19.5 Å². The molecule has 2 aromatic carbocycles. The highest BCUT2D eigenvalue weighted by Crippen LogP contribution is 2.38. The maximum absolute atomic E-state index is 12.6. The predicted octanol–water partition coefficient (Wildman–Crippen LogP) is 4.58. The number of hydrogen-bond donors (Lipinski definition) is 1. The van der Waals surface area contributed by atoms with Gasteiger partial charge in [-0.1, -0.05) is 18.2 Å². The van der Waals surface area contributed by atoms with E-state index >= 15 is 0 Å². The van der Waals surface area contributed by atoms with Crippen LogP contribution < -0.4 is 19.5 Å². The molecule has 0 unspecified atom stereocenters. The molecule has 1 N–H and O–H groups in total. The molecule has 0 aliphatic heterocycles. The molecule has 3 aromatic rings. The van der Waals surface area contributed by atoms with Crippen LogP contribution in [0.5, 0.6) is 17.2 Å². The summed E-state index contributed by atoms with van der Waals surface area (Å²) in [7, 11) is 4.65. The SMILES string of the molecule is COc1cc(CC(=O)Nc2cccc(CSc3ccccn3)c2)cc(OC)c1OC. The fourth-order valence-electron chi connectivity index (χ4n) is 2.96. The van der Waals surface area contributed by atoms with Crippen LogP contribution in [-0.4, -0.2) is 32.2 Å². The molecule has 0 spiro atoms. The number of amides is 1. The summed E-state index contributed by atoms with van der Waals surface area (Å²) >= 11 is 1.65. The number of aromatic nitrogens is 1. The van der Waals surface area contributed by atoms with Gasteiger partial charge in [-0.25, -0.2) is 4.98 Å². The number of carbonyl (C=O) groups excluding carboxylic acids is 1. The molecule has 1 aromatic heterocycles. The molecule has 1 amide bonds. The Morgan fingerprint density at radius 3 is 2.33 bits per heavy atom. The number of nitrogens with zero attached hydrogens (tertiary/aromatic N) is 1. The zero-order valence-corrected chi connectivity index (χ0v) is 18.0. The van der Waals surface area contributed by atoms with Crippen LogP contribution in [0.2, 0.25) is 0 Å². The molecule has 3 rings (SSSR count). The van der Waals surface area contributed by atoms with Crippen molar-refractivity contribution in [1.82, 2.24) is 4.98 Å². The van der Waals surface area contributed by atoms with Crippen LogP contribution in [0.15, 0.2) is 65.8 Å². The van der Waals surface area contributed by atoms with Crippen LogP contribution in [0.25, 0.3) is 0 Å². The Labute approximate surface area is 180 Å². The number of pyridine rings is 1. The molecular formula is C23H24N2O4S. The van der Waals surface area contributed by atoms with Gasteiger partial charge in [-0.05, 0) is 47.5 Å². The van der Waals surface area contributed by atoms with Gasteiger partial charge in [0.25, 0.3) is 0 Å². The fraction of sp³-hybridized carbons (Fsp3) is 0.217. The molecule has 0 saturated heterocycles. The van der Waals surface area contributed by atoms with Gasteiger partial charge in [-0.15, -0.1) is 11.8 Å². The summed E-state index contributed by atoms with van der Waals surface area (Å²) in [4.78, 5) is 16.9. The van der Waals surface area contributed by atoms with E-state index in [9.17, 15) is 4.79 Å². The van der Waals surface area contributed by atoms with Crippen molar-refractivity contribution in [2.75, 3.05) is 26.6 Å². The van der Waals surface area contributed by atoms with E-state index in [4.69, 9.17) is 14.2 Å². The highest BCUT2D eigenvalue weighted by atomic mass is 32.2. The van der Waals surface area contributed by atoms with Crippen LogP contribution in [0, 0.1) is 0 Å². The molecule has 0 fully saturated rings. The Bertz CT molecular complexity index is 970. The molecule has 0 radical (unpaired) electrons. The van der Waals surface area contributed by atoms with E-state index in [0.717, 1.165) is 27.6 Å². The topological polar surface area (TPSA) is 69.7 Å².